The predicted octanol–water partition coefficient (Wildman–Crippen LogP) is 5.59. The number of nitrogens with one attached hydrogen (secondary N) is 2. The average molecular weight is 422 g/mol. The summed E-state index contributed by atoms with van der Waals surface area (Å²) in [5.41, 5.74) is 1.53. The number of para-hydroxylation sites is 1. The Balaban J connectivity index is 1.64. The van der Waals surface area contributed by atoms with Gasteiger partial charge in [0.25, 0.3) is 0 Å². The molecule has 5 rings (SSSR count). The Hall–Kier alpha value is -3.88. The summed E-state index contributed by atoms with van der Waals surface area (Å²) in [5.74, 6) is 1.74. The Bertz CT molecular complexity index is 1250. The van der Waals surface area contributed by atoms with E-state index >= 15 is 0 Å². The molecule has 2 aromatic carbocycles. The number of H-pyrrole nitrogens is 1. The van der Waals surface area contributed by atoms with Crippen LogP contribution in [-0.4, -0.2) is 19.9 Å². The maximum absolute atomic E-state index is 13.6. The molecule has 2 N–H and O–H groups in total. The second-order valence-electron chi connectivity index (χ2n) is 7.16. The van der Waals surface area contributed by atoms with Crippen LogP contribution in [0.25, 0.3) is 11.4 Å². The highest BCUT2D eigenvalue weighted by Gasteiger charge is 2.36. The van der Waals surface area contributed by atoms with Gasteiger partial charge in [-0.25, -0.2) is 15.0 Å². The van der Waals surface area contributed by atoms with Crippen molar-refractivity contribution in [1.82, 2.24) is 19.9 Å². The highest BCUT2D eigenvalue weighted by molar-refractivity contribution is 5.85. The van der Waals surface area contributed by atoms with E-state index in [1.54, 1.807) is 12.3 Å². The van der Waals surface area contributed by atoms with Gasteiger partial charge in [0.1, 0.15) is 17.3 Å². The lowest BCUT2D eigenvalue weighted by atomic mass is 10.0. The molecule has 156 valence electrons. The summed E-state index contributed by atoms with van der Waals surface area (Å²) in [6, 6.07) is 15.0. The molecule has 6 nitrogen and oxygen atoms in total. The molecule has 0 saturated carbocycles. The molecule has 0 aliphatic carbocycles. The van der Waals surface area contributed by atoms with Crippen molar-refractivity contribution in [3.63, 3.8) is 0 Å². The Morgan fingerprint density at radius 3 is 2.45 bits per heavy atom. The molecule has 0 spiro atoms. The second-order valence-corrected chi connectivity index (χ2v) is 7.16. The highest BCUT2D eigenvalue weighted by atomic mass is 19.4. The fourth-order valence-electron chi connectivity index (χ4n) is 3.61. The number of rotatable bonds is 4. The van der Waals surface area contributed by atoms with Gasteiger partial charge in [-0.1, -0.05) is 36.4 Å². The minimum Gasteiger partial charge on any atom is -0.331 e. The third-order valence-electron chi connectivity index (χ3n) is 5.03. The summed E-state index contributed by atoms with van der Waals surface area (Å²) in [4.78, 5) is 18.2. The maximum atomic E-state index is 13.6. The van der Waals surface area contributed by atoms with Crippen LogP contribution >= 0.6 is 0 Å². The van der Waals surface area contributed by atoms with Crippen LogP contribution in [0.15, 0.2) is 60.8 Å². The number of aromatic nitrogens is 4. The van der Waals surface area contributed by atoms with Crippen molar-refractivity contribution >= 4 is 23.0 Å². The lowest BCUT2D eigenvalue weighted by Crippen LogP contribution is -2.30. The van der Waals surface area contributed by atoms with Crippen molar-refractivity contribution in [3.8, 4) is 11.4 Å². The Morgan fingerprint density at radius 2 is 1.74 bits per heavy atom. The van der Waals surface area contributed by atoms with Gasteiger partial charge >= 0.3 is 6.18 Å². The molecule has 1 aliphatic heterocycles. The number of anilines is 4. The fourth-order valence-corrected chi connectivity index (χ4v) is 3.61. The van der Waals surface area contributed by atoms with Gasteiger partial charge in [0, 0.05) is 11.3 Å². The molecule has 0 saturated heterocycles. The fraction of sp³-hybridized carbons (Fsp3) is 0.136. The first kappa shape index (κ1) is 19.1. The van der Waals surface area contributed by atoms with Crippen LogP contribution in [-0.2, 0) is 12.7 Å². The van der Waals surface area contributed by atoms with Crippen LogP contribution in [0, 0.1) is 6.92 Å². The van der Waals surface area contributed by atoms with Crippen molar-refractivity contribution < 1.29 is 13.2 Å². The second kappa shape index (κ2) is 7.12. The van der Waals surface area contributed by atoms with E-state index in [1.807, 2.05) is 42.2 Å². The number of hydrogen-bond donors (Lipinski definition) is 2. The van der Waals surface area contributed by atoms with E-state index in [0.29, 0.717) is 29.7 Å². The minimum atomic E-state index is -4.51. The van der Waals surface area contributed by atoms with Crippen LogP contribution < -0.4 is 10.2 Å². The van der Waals surface area contributed by atoms with E-state index in [1.165, 1.54) is 12.1 Å². The zero-order chi connectivity index (χ0) is 21.6. The molecule has 31 heavy (non-hydrogen) atoms. The zero-order valence-electron chi connectivity index (χ0n) is 16.4. The van der Waals surface area contributed by atoms with E-state index in [9.17, 15) is 13.2 Å². The van der Waals surface area contributed by atoms with E-state index in [4.69, 9.17) is 0 Å². The summed E-state index contributed by atoms with van der Waals surface area (Å²) in [6.45, 7) is 2.28. The smallest absolute Gasteiger partial charge is 0.331 e. The number of fused-ring (bicyclic) bond motifs is 1. The van der Waals surface area contributed by atoms with Gasteiger partial charge in [0.15, 0.2) is 11.6 Å². The van der Waals surface area contributed by atoms with E-state index in [0.717, 1.165) is 17.4 Å². The summed E-state index contributed by atoms with van der Waals surface area (Å²) < 4.78 is 40.7. The number of benzene rings is 2. The molecule has 0 radical (unpaired) electrons. The predicted molar refractivity (Wildman–Crippen MR) is 111 cm³/mol. The highest BCUT2D eigenvalue weighted by Crippen LogP contribution is 2.45. The molecule has 2 aromatic heterocycles. The number of imidazole rings is 1. The molecule has 0 unspecified atom stereocenters. The molecule has 0 amide bonds. The molecule has 3 heterocycles. The third kappa shape index (κ3) is 3.48. The summed E-state index contributed by atoms with van der Waals surface area (Å²) in [7, 11) is 0. The molecule has 0 bridgehead atoms. The van der Waals surface area contributed by atoms with Crippen LogP contribution in [0.4, 0.5) is 36.2 Å². The quantitative estimate of drug-likeness (QED) is 0.449. The third-order valence-corrected chi connectivity index (χ3v) is 5.03. The lowest BCUT2D eigenvalue weighted by Gasteiger charge is -2.36. The van der Waals surface area contributed by atoms with Crippen LogP contribution in [0.3, 0.4) is 0 Å². The lowest BCUT2D eigenvalue weighted by molar-refractivity contribution is -0.137. The van der Waals surface area contributed by atoms with Gasteiger partial charge < -0.3 is 15.2 Å². The van der Waals surface area contributed by atoms with Crippen LogP contribution in [0.5, 0.6) is 0 Å². The number of hydrogen-bond acceptors (Lipinski definition) is 5. The van der Waals surface area contributed by atoms with Gasteiger partial charge in [0.05, 0.1) is 24.0 Å². The van der Waals surface area contributed by atoms with Gasteiger partial charge in [-0.3, -0.25) is 0 Å². The van der Waals surface area contributed by atoms with Gasteiger partial charge in [0.2, 0.25) is 0 Å². The first-order valence-electron chi connectivity index (χ1n) is 9.59. The molecule has 0 fully saturated rings. The van der Waals surface area contributed by atoms with Crippen molar-refractivity contribution in [2.24, 2.45) is 0 Å². The summed E-state index contributed by atoms with van der Waals surface area (Å²) in [6.07, 6.45) is -2.90. The molecule has 4 aromatic rings. The van der Waals surface area contributed by atoms with Gasteiger partial charge in [-0.15, -0.1) is 0 Å². The van der Waals surface area contributed by atoms with E-state index < -0.39 is 11.7 Å². The van der Waals surface area contributed by atoms with Crippen LogP contribution in [0.1, 0.15) is 17.1 Å². The largest absolute Gasteiger partial charge is 0.417 e. The van der Waals surface area contributed by atoms with Crippen molar-refractivity contribution in [2.45, 2.75) is 19.6 Å². The number of alkyl halides is 3. The number of aryl methyl sites for hydroxylation is 1. The van der Waals surface area contributed by atoms with E-state index in [-0.39, 0.29) is 11.4 Å². The monoisotopic (exact) mass is 422 g/mol. The Kier molecular flexibility index (Phi) is 4.39. The van der Waals surface area contributed by atoms with Crippen molar-refractivity contribution in [2.75, 3.05) is 10.2 Å². The van der Waals surface area contributed by atoms with Crippen molar-refractivity contribution in [3.05, 3.63) is 77.9 Å². The average Bonchev–Trinajstić information content (AvgIpc) is 3.13. The minimum absolute atomic E-state index is 0.0260. The maximum Gasteiger partial charge on any atom is 0.417 e. The summed E-state index contributed by atoms with van der Waals surface area (Å²) >= 11 is 0. The van der Waals surface area contributed by atoms with E-state index in [2.05, 4.69) is 25.3 Å². The first-order chi connectivity index (χ1) is 14.9. The molecule has 1 aliphatic rings. The standard InChI is InChI=1S/C22H17F3N6/c1-13-26-11-18(27-13)29-21-19-17(12-31(19)14-7-3-2-4-8-14)28-20(30-21)15-9-5-6-10-16(15)22(23,24)25/h2-11H,12H2,1H3,(H,26,27)(H,28,29,30). The zero-order valence-corrected chi connectivity index (χ0v) is 16.4. The topological polar surface area (TPSA) is 69.7 Å². The normalized spacial score (nSPS) is 13.0. The number of aromatic amines is 1. The summed E-state index contributed by atoms with van der Waals surface area (Å²) in [5, 5.41) is 3.16. The number of halogens is 3. The molecule has 9 heteroatoms. The molecular formula is C22H17F3N6. The van der Waals surface area contributed by atoms with Crippen molar-refractivity contribution in [1.29, 1.82) is 0 Å². The molecule has 0 atom stereocenters. The first-order valence-corrected chi connectivity index (χ1v) is 9.59. The number of nitrogens with zero attached hydrogens (tertiary/aromatic N) is 4. The SMILES string of the molecule is Cc1ncc(Nc2nc(-c3ccccc3C(F)(F)F)nc3c2N(c2ccccc2)C3)[nH]1. The Labute approximate surface area is 175 Å². The van der Waals surface area contributed by atoms with Gasteiger partial charge in [-0.2, -0.15) is 13.2 Å². The Morgan fingerprint density at radius 1 is 1.00 bits per heavy atom. The van der Waals surface area contributed by atoms with Gasteiger partial charge in [-0.05, 0) is 25.1 Å². The molecular weight excluding hydrogens is 405 g/mol. The van der Waals surface area contributed by atoms with Crippen LogP contribution in [0.2, 0.25) is 0 Å².